The van der Waals surface area contributed by atoms with Gasteiger partial charge in [0, 0.05) is 6.42 Å². The van der Waals surface area contributed by atoms with Gasteiger partial charge in [-0.2, -0.15) is 13.2 Å². The molecule has 15 heavy (non-hydrogen) atoms. The van der Waals surface area contributed by atoms with E-state index in [2.05, 4.69) is 12.6 Å². The van der Waals surface area contributed by atoms with Gasteiger partial charge in [-0.1, -0.05) is 12.1 Å². The van der Waals surface area contributed by atoms with Crippen molar-refractivity contribution in [1.82, 2.24) is 0 Å². The molecule has 0 aromatic heterocycles. The van der Waals surface area contributed by atoms with Crippen LogP contribution in [-0.2, 0) is 17.4 Å². The number of benzene rings is 1. The minimum absolute atomic E-state index is 0.231. The summed E-state index contributed by atoms with van der Waals surface area (Å²) in [7, 11) is 0. The lowest BCUT2D eigenvalue weighted by Crippen LogP contribution is -2.04. The van der Waals surface area contributed by atoms with Crippen molar-refractivity contribution in [2.24, 2.45) is 0 Å². The number of alkyl halides is 3. The lowest BCUT2D eigenvalue weighted by atomic mass is 10.1. The minimum atomic E-state index is -4.31. The summed E-state index contributed by atoms with van der Waals surface area (Å²) in [5.74, 6) is 0. The third-order valence-electron chi connectivity index (χ3n) is 1.91. The van der Waals surface area contributed by atoms with Crippen molar-refractivity contribution >= 4 is 17.7 Å². The first-order valence-electron chi connectivity index (χ1n) is 4.27. The number of rotatable bonds is 3. The second-order valence-electron chi connectivity index (χ2n) is 3.09. The zero-order valence-electron chi connectivity index (χ0n) is 7.71. The molecule has 1 nitrogen and oxygen atoms in total. The fourth-order valence-corrected chi connectivity index (χ4v) is 1.22. The Labute approximate surface area is 90.7 Å². The van der Waals surface area contributed by atoms with Gasteiger partial charge in [-0.15, -0.1) is 12.6 Å². The van der Waals surface area contributed by atoms with E-state index in [1.165, 1.54) is 12.1 Å². The number of thiol groups is 1. The first-order chi connectivity index (χ1) is 6.89. The van der Waals surface area contributed by atoms with Gasteiger partial charge in [0.05, 0.1) is 5.56 Å². The Morgan fingerprint density at radius 1 is 1.20 bits per heavy atom. The third-order valence-corrected chi connectivity index (χ3v) is 2.13. The Morgan fingerprint density at radius 2 is 1.73 bits per heavy atom. The number of carbonyl (C=O) groups excluding carboxylic acids is 1. The van der Waals surface area contributed by atoms with Gasteiger partial charge in [0.25, 0.3) is 0 Å². The predicted molar refractivity (Wildman–Crippen MR) is 53.8 cm³/mol. The molecular formula is C10H9F3OS. The second-order valence-corrected chi connectivity index (χ2v) is 3.59. The molecule has 0 amide bonds. The highest BCUT2D eigenvalue weighted by atomic mass is 32.1. The number of carbonyl (C=O) groups is 1. The van der Waals surface area contributed by atoms with Crippen LogP contribution in [0.5, 0.6) is 0 Å². The fraction of sp³-hybridized carbons (Fsp3) is 0.300. The monoisotopic (exact) mass is 234 g/mol. The van der Waals surface area contributed by atoms with E-state index in [-0.39, 0.29) is 11.5 Å². The van der Waals surface area contributed by atoms with Crippen molar-refractivity contribution in [3.8, 4) is 0 Å². The van der Waals surface area contributed by atoms with Gasteiger partial charge in [0.1, 0.15) is 0 Å². The molecule has 0 fully saturated rings. The van der Waals surface area contributed by atoms with E-state index in [1.807, 2.05) is 0 Å². The fourth-order valence-electron chi connectivity index (χ4n) is 1.11. The Hall–Kier alpha value is -0.970. The Bertz CT molecular complexity index is 343. The maximum atomic E-state index is 12.2. The van der Waals surface area contributed by atoms with Crippen LogP contribution < -0.4 is 0 Å². The second kappa shape index (κ2) is 4.70. The first-order valence-corrected chi connectivity index (χ1v) is 4.72. The summed E-state index contributed by atoms with van der Waals surface area (Å²) in [5, 5.41) is -0.269. The lowest BCUT2D eigenvalue weighted by molar-refractivity contribution is -0.137. The smallest absolute Gasteiger partial charge is 0.287 e. The highest BCUT2D eigenvalue weighted by Gasteiger charge is 2.29. The molecule has 0 N–H and O–H groups in total. The van der Waals surface area contributed by atoms with E-state index < -0.39 is 11.7 Å². The third kappa shape index (κ3) is 3.95. The summed E-state index contributed by atoms with van der Waals surface area (Å²) in [6.07, 6.45) is -3.66. The molecule has 82 valence electrons. The van der Waals surface area contributed by atoms with E-state index in [0.717, 1.165) is 12.1 Å². The number of hydrogen-bond donors (Lipinski definition) is 1. The number of aryl methyl sites for hydroxylation is 1. The van der Waals surface area contributed by atoms with E-state index in [0.29, 0.717) is 12.0 Å². The molecule has 0 saturated carbocycles. The van der Waals surface area contributed by atoms with E-state index in [9.17, 15) is 18.0 Å². The van der Waals surface area contributed by atoms with E-state index in [1.54, 1.807) is 0 Å². The standard InChI is InChI=1S/C10H9F3OS/c11-10(12,13)8-4-1-7(2-5-8)3-6-9(14)15/h1-2,4-5H,3,6H2,(H,14,15). The van der Waals surface area contributed by atoms with Gasteiger partial charge in [0.2, 0.25) is 0 Å². The molecule has 0 aliphatic carbocycles. The predicted octanol–water partition coefficient (Wildman–Crippen LogP) is 3.09. The molecular weight excluding hydrogens is 225 g/mol. The van der Waals surface area contributed by atoms with Gasteiger partial charge >= 0.3 is 6.18 Å². The average molecular weight is 234 g/mol. The van der Waals surface area contributed by atoms with Crippen LogP contribution in [-0.4, -0.2) is 5.12 Å². The van der Waals surface area contributed by atoms with Crippen molar-refractivity contribution in [3.63, 3.8) is 0 Å². The normalized spacial score (nSPS) is 11.5. The summed E-state index contributed by atoms with van der Waals surface area (Å²) in [4.78, 5) is 10.5. The SMILES string of the molecule is O=C(S)CCc1ccc(C(F)(F)F)cc1. The van der Waals surface area contributed by atoms with Gasteiger partial charge < -0.3 is 0 Å². The van der Waals surface area contributed by atoms with Gasteiger partial charge in [-0.3, -0.25) is 4.79 Å². The van der Waals surface area contributed by atoms with Crippen LogP contribution in [0, 0.1) is 0 Å². The Kier molecular flexibility index (Phi) is 3.79. The zero-order chi connectivity index (χ0) is 11.5. The zero-order valence-corrected chi connectivity index (χ0v) is 8.61. The molecule has 0 saturated heterocycles. The van der Waals surface area contributed by atoms with Gasteiger partial charge in [-0.25, -0.2) is 0 Å². The Balaban J connectivity index is 2.69. The minimum Gasteiger partial charge on any atom is -0.287 e. The Morgan fingerprint density at radius 3 is 2.13 bits per heavy atom. The molecule has 1 aromatic rings. The van der Waals surface area contributed by atoms with E-state index in [4.69, 9.17) is 0 Å². The van der Waals surface area contributed by atoms with E-state index >= 15 is 0 Å². The molecule has 0 spiro atoms. The van der Waals surface area contributed by atoms with Crippen LogP contribution in [0.25, 0.3) is 0 Å². The molecule has 0 heterocycles. The molecule has 0 aliphatic heterocycles. The summed E-state index contributed by atoms with van der Waals surface area (Å²) < 4.78 is 36.5. The van der Waals surface area contributed by atoms with Crippen molar-refractivity contribution in [3.05, 3.63) is 35.4 Å². The molecule has 1 rings (SSSR count). The van der Waals surface area contributed by atoms with Crippen molar-refractivity contribution in [1.29, 1.82) is 0 Å². The summed E-state index contributed by atoms with van der Waals surface area (Å²) >= 11 is 3.58. The molecule has 0 unspecified atom stereocenters. The van der Waals surface area contributed by atoms with Crippen LogP contribution in [0.4, 0.5) is 13.2 Å². The average Bonchev–Trinajstić information content (AvgIpc) is 2.14. The topological polar surface area (TPSA) is 17.1 Å². The maximum absolute atomic E-state index is 12.2. The van der Waals surface area contributed by atoms with Crippen molar-refractivity contribution in [2.45, 2.75) is 19.0 Å². The largest absolute Gasteiger partial charge is 0.416 e. The molecule has 0 aliphatic rings. The van der Waals surface area contributed by atoms with Crippen molar-refractivity contribution in [2.75, 3.05) is 0 Å². The molecule has 1 aromatic carbocycles. The van der Waals surface area contributed by atoms with Crippen LogP contribution in [0.3, 0.4) is 0 Å². The molecule has 0 radical (unpaired) electrons. The number of hydrogen-bond acceptors (Lipinski definition) is 1. The molecule has 5 heteroatoms. The molecule has 0 bridgehead atoms. The first kappa shape index (κ1) is 12.1. The van der Waals surface area contributed by atoms with Gasteiger partial charge in [0.15, 0.2) is 5.12 Å². The lowest BCUT2D eigenvalue weighted by Gasteiger charge is -2.06. The highest BCUT2D eigenvalue weighted by Crippen LogP contribution is 2.29. The van der Waals surface area contributed by atoms with Crippen LogP contribution in [0.15, 0.2) is 24.3 Å². The quantitative estimate of drug-likeness (QED) is 0.795. The van der Waals surface area contributed by atoms with Crippen LogP contribution in [0.2, 0.25) is 0 Å². The maximum Gasteiger partial charge on any atom is 0.416 e. The summed E-state index contributed by atoms with van der Waals surface area (Å²) in [6.45, 7) is 0. The summed E-state index contributed by atoms with van der Waals surface area (Å²) in [6, 6.07) is 4.77. The number of halogens is 3. The van der Waals surface area contributed by atoms with Crippen molar-refractivity contribution < 1.29 is 18.0 Å². The highest BCUT2D eigenvalue weighted by molar-refractivity contribution is 7.96. The molecule has 0 atom stereocenters. The van der Waals surface area contributed by atoms with Crippen LogP contribution in [0.1, 0.15) is 17.5 Å². The van der Waals surface area contributed by atoms with Gasteiger partial charge in [-0.05, 0) is 24.1 Å². The summed E-state index contributed by atoms with van der Waals surface area (Å²) in [5.41, 5.74) is 0.0221. The van der Waals surface area contributed by atoms with Crippen LogP contribution >= 0.6 is 12.6 Å².